The average Bonchev–Trinajstić information content (AvgIpc) is 2.70. The molecule has 0 spiro atoms. The summed E-state index contributed by atoms with van der Waals surface area (Å²) in [5, 5.41) is 13.1. The van der Waals surface area contributed by atoms with Gasteiger partial charge in [-0.3, -0.25) is 5.43 Å². The maximum atomic E-state index is 12.4. The lowest BCUT2D eigenvalue weighted by molar-refractivity contribution is 0.304. The monoisotopic (exact) mass is 405 g/mol. The van der Waals surface area contributed by atoms with Crippen LogP contribution in [0.3, 0.4) is 0 Å². The predicted octanol–water partition coefficient (Wildman–Crippen LogP) is 1.99. The van der Waals surface area contributed by atoms with E-state index >= 15 is 0 Å². The highest BCUT2D eigenvalue weighted by molar-refractivity contribution is 7.89. The molecule has 0 aliphatic heterocycles. The summed E-state index contributed by atoms with van der Waals surface area (Å²) < 4.78 is 26.3. The number of nitrogens with zero attached hydrogens (tertiary/aromatic N) is 4. The molecule has 0 radical (unpaired) electrons. The number of aromatic nitrogens is 1. The summed E-state index contributed by atoms with van der Waals surface area (Å²) in [6, 6.07) is 10.8. The van der Waals surface area contributed by atoms with Crippen LogP contribution in [0, 0.1) is 0 Å². The Balaban J connectivity index is 1.99. The maximum absolute atomic E-state index is 12.4. The van der Waals surface area contributed by atoms with Crippen molar-refractivity contribution in [3.05, 3.63) is 48.2 Å². The van der Waals surface area contributed by atoms with Crippen LogP contribution in [0.25, 0.3) is 0 Å². The van der Waals surface area contributed by atoms with Gasteiger partial charge in [0, 0.05) is 38.6 Å². The number of sulfonamides is 1. The summed E-state index contributed by atoms with van der Waals surface area (Å²) in [5.74, 6) is 0.453. The van der Waals surface area contributed by atoms with Crippen molar-refractivity contribution in [2.24, 2.45) is 5.10 Å². The molecule has 2 aromatic rings. The van der Waals surface area contributed by atoms with Crippen LogP contribution < -0.4 is 10.3 Å². The Morgan fingerprint density at radius 1 is 1.14 bits per heavy atom. The largest absolute Gasteiger partial charge is 0.395 e. The van der Waals surface area contributed by atoms with E-state index in [1.807, 2.05) is 36.2 Å². The number of nitrogens with one attached hydrogen (secondary N) is 1. The Hall–Kier alpha value is -2.49. The van der Waals surface area contributed by atoms with Gasteiger partial charge in [0.05, 0.1) is 12.8 Å². The number of likely N-dealkylation sites (N-methyl/N-ethyl adjacent to an activating group) is 1. The third kappa shape index (κ3) is 5.51. The van der Waals surface area contributed by atoms with Gasteiger partial charge in [0.1, 0.15) is 10.7 Å². The molecule has 0 atom stereocenters. The van der Waals surface area contributed by atoms with Crippen molar-refractivity contribution in [3.8, 4) is 0 Å². The van der Waals surface area contributed by atoms with E-state index in [1.54, 1.807) is 26.1 Å². The van der Waals surface area contributed by atoms with Crippen molar-refractivity contribution in [1.29, 1.82) is 0 Å². The fraction of sp³-hybridized carbons (Fsp3) is 0.368. The van der Waals surface area contributed by atoms with Crippen molar-refractivity contribution in [1.82, 2.24) is 9.29 Å². The third-order valence-corrected chi connectivity index (χ3v) is 6.27. The molecular formula is C19H27N5O3S. The number of pyridine rings is 1. The molecule has 2 N–H and O–H groups in total. The van der Waals surface area contributed by atoms with Crippen LogP contribution >= 0.6 is 0 Å². The number of rotatable bonds is 10. The highest BCUT2D eigenvalue weighted by Crippen LogP contribution is 2.16. The minimum Gasteiger partial charge on any atom is -0.395 e. The number of hydrogen-bond acceptors (Lipinski definition) is 7. The highest BCUT2D eigenvalue weighted by atomic mass is 32.2. The van der Waals surface area contributed by atoms with Gasteiger partial charge in [0.2, 0.25) is 10.0 Å². The van der Waals surface area contributed by atoms with Crippen molar-refractivity contribution in [3.63, 3.8) is 0 Å². The molecule has 0 fully saturated rings. The Labute approximate surface area is 166 Å². The van der Waals surface area contributed by atoms with Crippen LogP contribution in [-0.2, 0) is 10.0 Å². The fourth-order valence-corrected chi connectivity index (χ4v) is 3.98. The Kier molecular flexibility index (Phi) is 7.91. The van der Waals surface area contributed by atoms with Crippen LogP contribution in [0.15, 0.2) is 52.6 Å². The Morgan fingerprint density at radius 3 is 2.36 bits per heavy atom. The summed E-state index contributed by atoms with van der Waals surface area (Å²) in [4.78, 5) is 6.24. The first-order chi connectivity index (χ1) is 13.4. The number of aliphatic hydroxyl groups excluding tert-OH is 1. The van der Waals surface area contributed by atoms with Crippen LogP contribution in [-0.4, -0.2) is 62.3 Å². The molecule has 9 heteroatoms. The lowest BCUT2D eigenvalue weighted by atomic mass is 10.2. The topological polar surface area (TPSA) is 98.1 Å². The van der Waals surface area contributed by atoms with Gasteiger partial charge < -0.3 is 10.0 Å². The number of aliphatic hydroxyl groups is 1. The standard InChI is InChI=1S/C19H27N5O3S/c1-4-24(5-2)28(26,27)18-10-11-19(20-15-18)22-21-14-16-6-8-17(9-7-16)23(3)12-13-25/h6-11,14-15,25H,4-5,12-13H2,1-3H3,(H,20,22)/b21-14+. The zero-order chi connectivity index (χ0) is 20.6. The fourth-order valence-electron chi connectivity index (χ4n) is 2.58. The first-order valence-corrected chi connectivity index (χ1v) is 10.5. The van der Waals surface area contributed by atoms with Crippen LogP contribution in [0.5, 0.6) is 0 Å². The van der Waals surface area contributed by atoms with Crippen molar-refractivity contribution < 1.29 is 13.5 Å². The summed E-state index contributed by atoms with van der Waals surface area (Å²) >= 11 is 0. The van der Waals surface area contributed by atoms with Crippen molar-refractivity contribution >= 4 is 27.7 Å². The maximum Gasteiger partial charge on any atom is 0.244 e. The molecule has 8 nitrogen and oxygen atoms in total. The van der Waals surface area contributed by atoms with E-state index in [-0.39, 0.29) is 11.5 Å². The molecule has 28 heavy (non-hydrogen) atoms. The van der Waals surface area contributed by atoms with Gasteiger partial charge in [0.15, 0.2) is 0 Å². The van der Waals surface area contributed by atoms with Gasteiger partial charge in [0.25, 0.3) is 0 Å². The van der Waals surface area contributed by atoms with E-state index < -0.39 is 10.0 Å². The molecule has 0 aliphatic carbocycles. The molecule has 0 aliphatic rings. The highest BCUT2D eigenvalue weighted by Gasteiger charge is 2.21. The molecule has 1 heterocycles. The van der Waals surface area contributed by atoms with Crippen LogP contribution in [0.2, 0.25) is 0 Å². The number of hydrogen-bond donors (Lipinski definition) is 2. The van der Waals surface area contributed by atoms with Crippen LogP contribution in [0.4, 0.5) is 11.5 Å². The van der Waals surface area contributed by atoms with Gasteiger partial charge >= 0.3 is 0 Å². The zero-order valence-corrected chi connectivity index (χ0v) is 17.2. The quantitative estimate of drug-likeness (QED) is 0.463. The van der Waals surface area contributed by atoms with E-state index in [0.717, 1.165) is 11.3 Å². The second-order valence-electron chi connectivity index (χ2n) is 6.08. The van der Waals surface area contributed by atoms with E-state index in [0.29, 0.717) is 25.5 Å². The summed E-state index contributed by atoms with van der Waals surface area (Å²) in [5.41, 5.74) is 4.70. The molecule has 1 aromatic heterocycles. The molecule has 1 aromatic carbocycles. The van der Waals surface area contributed by atoms with E-state index in [2.05, 4.69) is 15.5 Å². The van der Waals surface area contributed by atoms with Gasteiger partial charge in [-0.2, -0.15) is 9.41 Å². The van der Waals surface area contributed by atoms with Crippen molar-refractivity contribution in [2.45, 2.75) is 18.7 Å². The molecule has 0 saturated carbocycles. The predicted molar refractivity (Wildman–Crippen MR) is 112 cm³/mol. The second-order valence-corrected chi connectivity index (χ2v) is 8.01. The minimum absolute atomic E-state index is 0.103. The molecular weight excluding hydrogens is 378 g/mol. The van der Waals surface area contributed by atoms with Gasteiger partial charge in [-0.1, -0.05) is 26.0 Å². The zero-order valence-electron chi connectivity index (χ0n) is 16.4. The normalized spacial score (nSPS) is 11.9. The first kappa shape index (κ1) is 21.8. The summed E-state index contributed by atoms with van der Waals surface area (Å²) in [6.07, 6.45) is 2.98. The molecule has 2 rings (SSSR count). The second kappa shape index (κ2) is 10.2. The first-order valence-electron chi connectivity index (χ1n) is 9.09. The molecule has 0 saturated heterocycles. The molecule has 0 bridgehead atoms. The number of benzene rings is 1. The lowest BCUT2D eigenvalue weighted by Gasteiger charge is -2.18. The van der Waals surface area contributed by atoms with Gasteiger partial charge in [-0.15, -0.1) is 0 Å². The van der Waals surface area contributed by atoms with Gasteiger partial charge in [-0.05, 0) is 29.8 Å². The van der Waals surface area contributed by atoms with E-state index in [9.17, 15) is 8.42 Å². The third-order valence-electron chi connectivity index (χ3n) is 4.24. The lowest BCUT2D eigenvalue weighted by Crippen LogP contribution is -2.30. The summed E-state index contributed by atoms with van der Waals surface area (Å²) in [6.45, 7) is 5.11. The van der Waals surface area contributed by atoms with E-state index in [4.69, 9.17) is 5.11 Å². The van der Waals surface area contributed by atoms with Gasteiger partial charge in [-0.25, -0.2) is 13.4 Å². The Morgan fingerprint density at radius 2 is 1.82 bits per heavy atom. The van der Waals surface area contributed by atoms with E-state index in [1.165, 1.54) is 16.6 Å². The Bertz CT molecular complexity index is 863. The molecule has 152 valence electrons. The molecule has 0 unspecified atom stereocenters. The molecule has 0 amide bonds. The number of hydrazone groups is 1. The minimum atomic E-state index is -3.51. The average molecular weight is 406 g/mol. The SMILES string of the molecule is CCN(CC)S(=O)(=O)c1ccc(N/N=C/c2ccc(N(C)CCO)cc2)nc1. The number of anilines is 2. The van der Waals surface area contributed by atoms with Crippen molar-refractivity contribution in [2.75, 3.05) is 43.6 Å². The van der Waals surface area contributed by atoms with Crippen LogP contribution in [0.1, 0.15) is 19.4 Å². The summed E-state index contributed by atoms with van der Waals surface area (Å²) in [7, 11) is -1.60. The smallest absolute Gasteiger partial charge is 0.244 e.